The normalized spacial score (nSPS) is 21.8. The van der Waals surface area contributed by atoms with E-state index in [1.807, 2.05) is 11.8 Å². The Balaban J connectivity index is 0.00000364. The lowest BCUT2D eigenvalue weighted by atomic mass is 10.2. The summed E-state index contributed by atoms with van der Waals surface area (Å²) in [6.45, 7) is 13.3. The number of guanidine groups is 1. The lowest BCUT2D eigenvalue weighted by Crippen LogP contribution is -2.45. The molecule has 2 N–H and O–H groups in total. The number of amides is 1. The minimum absolute atomic E-state index is 0. The Bertz CT molecular complexity index is 453. The van der Waals surface area contributed by atoms with Gasteiger partial charge in [0.1, 0.15) is 0 Å². The second kappa shape index (κ2) is 13.5. The van der Waals surface area contributed by atoms with Gasteiger partial charge in [0.2, 0.25) is 5.91 Å². The van der Waals surface area contributed by atoms with E-state index < -0.39 is 0 Å². The van der Waals surface area contributed by atoms with Crippen LogP contribution in [0.2, 0.25) is 0 Å². The molecule has 2 saturated heterocycles. The molecule has 0 aromatic rings. The SMILES string of the molecule is CCNC(=NCCCCN1CCN(C)CC1)NC1CCN(C(=O)CC)C1.I. The van der Waals surface area contributed by atoms with Crippen LogP contribution in [0.5, 0.6) is 0 Å². The molecule has 1 atom stereocenters. The van der Waals surface area contributed by atoms with E-state index in [1.54, 1.807) is 0 Å². The molecule has 0 aromatic carbocycles. The fourth-order valence-corrected chi connectivity index (χ4v) is 3.55. The van der Waals surface area contributed by atoms with Gasteiger partial charge in [0.25, 0.3) is 0 Å². The first-order valence-electron chi connectivity index (χ1n) is 10.4. The van der Waals surface area contributed by atoms with E-state index in [-0.39, 0.29) is 29.9 Å². The second-order valence-electron chi connectivity index (χ2n) is 7.44. The predicted molar refractivity (Wildman–Crippen MR) is 123 cm³/mol. The molecule has 2 aliphatic heterocycles. The highest BCUT2D eigenvalue weighted by molar-refractivity contribution is 14.0. The van der Waals surface area contributed by atoms with E-state index in [9.17, 15) is 4.79 Å². The van der Waals surface area contributed by atoms with Crippen molar-refractivity contribution in [2.75, 3.05) is 66.0 Å². The summed E-state index contributed by atoms with van der Waals surface area (Å²) in [4.78, 5) is 23.4. The zero-order valence-corrected chi connectivity index (χ0v) is 19.7. The molecule has 2 aliphatic rings. The van der Waals surface area contributed by atoms with Gasteiger partial charge in [-0.2, -0.15) is 0 Å². The molecule has 27 heavy (non-hydrogen) atoms. The number of aliphatic imine (C=N–C) groups is 1. The van der Waals surface area contributed by atoms with Crippen LogP contribution in [0.4, 0.5) is 0 Å². The summed E-state index contributed by atoms with van der Waals surface area (Å²) in [6, 6.07) is 0.314. The fraction of sp³-hybridized carbons (Fsp3) is 0.895. The van der Waals surface area contributed by atoms with Gasteiger partial charge in [-0.3, -0.25) is 9.79 Å². The Kier molecular flexibility index (Phi) is 12.3. The third-order valence-corrected chi connectivity index (χ3v) is 5.28. The van der Waals surface area contributed by atoms with E-state index in [4.69, 9.17) is 4.99 Å². The molecular formula is C19H39IN6O. The number of likely N-dealkylation sites (tertiary alicyclic amines) is 1. The summed E-state index contributed by atoms with van der Waals surface area (Å²) in [5.74, 6) is 1.14. The number of piperazine rings is 1. The van der Waals surface area contributed by atoms with Crippen LogP contribution in [0.3, 0.4) is 0 Å². The van der Waals surface area contributed by atoms with Crippen LogP contribution in [0.15, 0.2) is 4.99 Å². The van der Waals surface area contributed by atoms with Crippen molar-refractivity contribution in [3.05, 3.63) is 0 Å². The summed E-state index contributed by atoms with van der Waals surface area (Å²) in [5, 5.41) is 6.83. The van der Waals surface area contributed by atoms with E-state index in [1.165, 1.54) is 39.1 Å². The molecule has 0 saturated carbocycles. The first kappa shape index (κ1) is 24.4. The molecule has 158 valence electrons. The monoisotopic (exact) mass is 494 g/mol. The number of rotatable bonds is 8. The van der Waals surface area contributed by atoms with Gasteiger partial charge >= 0.3 is 0 Å². The molecule has 0 radical (unpaired) electrons. The number of hydrogen-bond donors (Lipinski definition) is 2. The van der Waals surface area contributed by atoms with Gasteiger partial charge in [-0.1, -0.05) is 6.92 Å². The fourth-order valence-electron chi connectivity index (χ4n) is 3.55. The minimum Gasteiger partial charge on any atom is -0.357 e. The van der Waals surface area contributed by atoms with Gasteiger partial charge in [-0.25, -0.2) is 0 Å². The summed E-state index contributed by atoms with van der Waals surface area (Å²) < 4.78 is 0. The summed E-state index contributed by atoms with van der Waals surface area (Å²) in [5.41, 5.74) is 0. The predicted octanol–water partition coefficient (Wildman–Crippen LogP) is 1.20. The number of nitrogens with zero attached hydrogens (tertiary/aromatic N) is 4. The maximum Gasteiger partial charge on any atom is 0.222 e. The smallest absolute Gasteiger partial charge is 0.222 e. The van der Waals surface area contributed by atoms with Crippen molar-refractivity contribution >= 4 is 35.8 Å². The number of unbranched alkanes of at least 4 members (excludes halogenated alkanes) is 1. The van der Waals surface area contributed by atoms with Crippen molar-refractivity contribution in [2.24, 2.45) is 4.99 Å². The molecule has 0 bridgehead atoms. The molecule has 1 unspecified atom stereocenters. The molecule has 2 rings (SSSR count). The molecule has 8 heteroatoms. The molecular weight excluding hydrogens is 455 g/mol. The summed E-state index contributed by atoms with van der Waals surface area (Å²) in [7, 11) is 2.20. The molecule has 7 nitrogen and oxygen atoms in total. The number of hydrogen-bond acceptors (Lipinski definition) is 4. The van der Waals surface area contributed by atoms with E-state index in [2.05, 4.69) is 34.4 Å². The van der Waals surface area contributed by atoms with E-state index in [0.29, 0.717) is 12.5 Å². The topological polar surface area (TPSA) is 63.2 Å². The number of carbonyl (C=O) groups is 1. The molecule has 0 aliphatic carbocycles. The first-order chi connectivity index (χ1) is 12.6. The van der Waals surface area contributed by atoms with Crippen molar-refractivity contribution in [2.45, 2.75) is 45.6 Å². The van der Waals surface area contributed by atoms with Crippen LogP contribution in [-0.4, -0.2) is 98.6 Å². The Hall–Kier alpha value is -0.610. The van der Waals surface area contributed by atoms with Crippen molar-refractivity contribution in [1.29, 1.82) is 0 Å². The van der Waals surface area contributed by atoms with Crippen molar-refractivity contribution < 1.29 is 4.79 Å². The number of nitrogens with one attached hydrogen (secondary N) is 2. The molecule has 1 amide bonds. The summed E-state index contributed by atoms with van der Waals surface area (Å²) >= 11 is 0. The highest BCUT2D eigenvalue weighted by Crippen LogP contribution is 2.10. The summed E-state index contributed by atoms with van der Waals surface area (Å²) in [6.07, 6.45) is 3.91. The quantitative estimate of drug-likeness (QED) is 0.230. The maximum absolute atomic E-state index is 11.8. The first-order valence-corrected chi connectivity index (χ1v) is 10.4. The second-order valence-corrected chi connectivity index (χ2v) is 7.44. The van der Waals surface area contributed by atoms with Crippen LogP contribution >= 0.6 is 24.0 Å². The molecule has 2 heterocycles. The van der Waals surface area contributed by atoms with Gasteiger partial charge in [0.15, 0.2) is 5.96 Å². The van der Waals surface area contributed by atoms with E-state index in [0.717, 1.165) is 45.0 Å². The molecule has 2 fully saturated rings. The van der Waals surface area contributed by atoms with Gasteiger partial charge in [-0.15, -0.1) is 24.0 Å². The van der Waals surface area contributed by atoms with Gasteiger partial charge in [-0.05, 0) is 39.8 Å². The average Bonchev–Trinajstić information content (AvgIpc) is 3.11. The molecule has 0 aromatic heterocycles. The molecule has 0 spiro atoms. The Morgan fingerprint density at radius 3 is 2.52 bits per heavy atom. The Labute approximate surface area is 182 Å². The van der Waals surface area contributed by atoms with Gasteiger partial charge < -0.3 is 25.3 Å². The third-order valence-electron chi connectivity index (χ3n) is 5.28. The zero-order valence-electron chi connectivity index (χ0n) is 17.4. The number of carbonyl (C=O) groups excluding carboxylic acids is 1. The van der Waals surface area contributed by atoms with Crippen LogP contribution in [-0.2, 0) is 4.79 Å². The minimum atomic E-state index is 0. The van der Waals surface area contributed by atoms with Crippen LogP contribution in [0.1, 0.15) is 39.5 Å². The van der Waals surface area contributed by atoms with Crippen LogP contribution in [0.25, 0.3) is 0 Å². The Morgan fingerprint density at radius 2 is 1.85 bits per heavy atom. The van der Waals surface area contributed by atoms with Crippen LogP contribution in [0, 0.1) is 0 Å². The van der Waals surface area contributed by atoms with Gasteiger partial charge in [0, 0.05) is 64.8 Å². The highest BCUT2D eigenvalue weighted by atomic mass is 127. The highest BCUT2D eigenvalue weighted by Gasteiger charge is 2.25. The number of halogens is 1. The average molecular weight is 494 g/mol. The standard InChI is InChI=1S/C19H38N6O.HI/c1-4-18(26)25-11-8-17(16-25)22-19(20-5-2)21-9-6-7-10-24-14-12-23(3)13-15-24;/h17H,4-16H2,1-3H3,(H2,20,21,22);1H. The van der Waals surface area contributed by atoms with Crippen molar-refractivity contribution in [1.82, 2.24) is 25.3 Å². The number of likely N-dealkylation sites (N-methyl/N-ethyl adjacent to an activating group) is 1. The van der Waals surface area contributed by atoms with Gasteiger partial charge in [0.05, 0.1) is 0 Å². The van der Waals surface area contributed by atoms with Crippen molar-refractivity contribution in [3.8, 4) is 0 Å². The van der Waals surface area contributed by atoms with Crippen molar-refractivity contribution in [3.63, 3.8) is 0 Å². The third kappa shape index (κ3) is 8.95. The lowest BCUT2D eigenvalue weighted by molar-refractivity contribution is -0.129. The largest absolute Gasteiger partial charge is 0.357 e. The Morgan fingerprint density at radius 1 is 1.11 bits per heavy atom. The van der Waals surface area contributed by atoms with E-state index >= 15 is 0 Å². The van der Waals surface area contributed by atoms with Crippen LogP contribution < -0.4 is 10.6 Å². The maximum atomic E-state index is 11.8. The zero-order chi connectivity index (χ0) is 18.8. The lowest BCUT2D eigenvalue weighted by Gasteiger charge is -2.32.